The monoisotopic (exact) mass is 412 g/mol. The van der Waals surface area contributed by atoms with Crippen LogP contribution in [0.25, 0.3) is 16.9 Å². The van der Waals surface area contributed by atoms with Crippen LogP contribution in [0.2, 0.25) is 0 Å². The third-order valence-electron chi connectivity index (χ3n) is 4.98. The van der Waals surface area contributed by atoms with E-state index in [2.05, 4.69) is 41.1 Å². The van der Waals surface area contributed by atoms with Crippen LogP contribution < -0.4 is 4.74 Å². The fourth-order valence-corrected chi connectivity index (χ4v) is 3.40. The molecule has 0 N–H and O–H groups in total. The Labute approximate surface area is 181 Å². The molecule has 0 unspecified atom stereocenters. The van der Waals surface area contributed by atoms with Gasteiger partial charge >= 0.3 is 5.97 Å². The number of aryl methyl sites for hydroxylation is 2. The highest BCUT2D eigenvalue weighted by molar-refractivity contribution is 5.70. The lowest BCUT2D eigenvalue weighted by Gasteiger charge is -2.07. The standard InChI is InChI=1S/C26H24N2O3/c1-30-26(29)19-31-24-14-8-9-20(17-24)15-16-22-18-25(21-10-4-2-5-11-21)28(27-22)23-12-6-3-7-13-23/h2-14,17-18H,15-16,19H2,1H3. The summed E-state index contributed by atoms with van der Waals surface area (Å²) in [6, 6.07) is 30.4. The molecule has 31 heavy (non-hydrogen) atoms. The first-order valence-electron chi connectivity index (χ1n) is 10.2. The molecule has 0 bridgehead atoms. The lowest BCUT2D eigenvalue weighted by atomic mass is 10.1. The molecule has 0 saturated heterocycles. The Hall–Kier alpha value is -3.86. The highest BCUT2D eigenvalue weighted by Gasteiger charge is 2.12. The van der Waals surface area contributed by atoms with Crippen LogP contribution in [0.4, 0.5) is 0 Å². The van der Waals surface area contributed by atoms with E-state index in [1.807, 2.05) is 59.3 Å². The Morgan fingerprint density at radius 1 is 0.871 bits per heavy atom. The van der Waals surface area contributed by atoms with Crippen LogP contribution in [0.5, 0.6) is 5.75 Å². The third kappa shape index (κ3) is 5.20. The van der Waals surface area contributed by atoms with Crippen molar-refractivity contribution in [1.82, 2.24) is 9.78 Å². The quantitative estimate of drug-likeness (QED) is 0.387. The summed E-state index contributed by atoms with van der Waals surface area (Å²) in [5, 5.41) is 4.89. The molecule has 0 saturated carbocycles. The Bertz CT molecular complexity index is 1080. The van der Waals surface area contributed by atoms with Crippen molar-refractivity contribution in [2.24, 2.45) is 0 Å². The van der Waals surface area contributed by atoms with Crippen LogP contribution >= 0.6 is 0 Å². The smallest absolute Gasteiger partial charge is 0.343 e. The largest absolute Gasteiger partial charge is 0.482 e. The first-order chi connectivity index (χ1) is 15.2. The lowest BCUT2D eigenvalue weighted by molar-refractivity contribution is -0.142. The molecule has 0 amide bonds. The molecule has 0 spiro atoms. The summed E-state index contributed by atoms with van der Waals surface area (Å²) in [7, 11) is 1.35. The van der Waals surface area contributed by atoms with Gasteiger partial charge in [0, 0.05) is 5.56 Å². The molecule has 3 aromatic carbocycles. The minimum absolute atomic E-state index is 0.0954. The van der Waals surface area contributed by atoms with Crippen LogP contribution in [0, 0.1) is 0 Å². The summed E-state index contributed by atoms with van der Waals surface area (Å²) in [5.41, 5.74) is 5.37. The van der Waals surface area contributed by atoms with Gasteiger partial charge in [-0.25, -0.2) is 9.48 Å². The number of carbonyl (C=O) groups is 1. The predicted molar refractivity (Wildman–Crippen MR) is 120 cm³/mol. The number of para-hydroxylation sites is 1. The summed E-state index contributed by atoms with van der Waals surface area (Å²) in [6.07, 6.45) is 1.61. The Balaban J connectivity index is 1.53. The van der Waals surface area contributed by atoms with Gasteiger partial charge in [-0.05, 0) is 48.7 Å². The van der Waals surface area contributed by atoms with Gasteiger partial charge in [-0.2, -0.15) is 5.10 Å². The van der Waals surface area contributed by atoms with Crippen molar-refractivity contribution in [3.8, 4) is 22.7 Å². The van der Waals surface area contributed by atoms with Crippen LogP contribution in [0.15, 0.2) is 91.0 Å². The van der Waals surface area contributed by atoms with E-state index in [1.54, 1.807) is 0 Å². The minimum atomic E-state index is -0.398. The Morgan fingerprint density at radius 2 is 1.61 bits per heavy atom. The van der Waals surface area contributed by atoms with Gasteiger partial charge in [0.1, 0.15) is 5.75 Å². The molecule has 0 aliphatic carbocycles. The van der Waals surface area contributed by atoms with Gasteiger partial charge in [0.2, 0.25) is 0 Å². The van der Waals surface area contributed by atoms with Crippen molar-refractivity contribution in [3.05, 3.63) is 102 Å². The number of esters is 1. The van der Waals surface area contributed by atoms with Crippen LogP contribution in [0.3, 0.4) is 0 Å². The Morgan fingerprint density at radius 3 is 2.35 bits per heavy atom. The third-order valence-corrected chi connectivity index (χ3v) is 4.98. The van der Waals surface area contributed by atoms with E-state index in [4.69, 9.17) is 9.84 Å². The van der Waals surface area contributed by atoms with Crippen molar-refractivity contribution in [2.75, 3.05) is 13.7 Å². The van der Waals surface area contributed by atoms with Gasteiger partial charge in [-0.3, -0.25) is 0 Å². The summed E-state index contributed by atoms with van der Waals surface area (Å²) in [5.74, 6) is 0.257. The van der Waals surface area contributed by atoms with Crippen molar-refractivity contribution in [2.45, 2.75) is 12.8 Å². The highest BCUT2D eigenvalue weighted by Crippen LogP contribution is 2.25. The minimum Gasteiger partial charge on any atom is -0.482 e. The molecule has 0 atom stereocenters. The number of hydrogen-bond donors (Lipinski definition) is 0. The van der Waals surface area contributed by atoms with E-state index in [0.29, 0.717) is 5.75 Å². The number of rotatable bonds is 8. The molecular weight excluding hydrogens is 388 g/mol. The van der Waals surface area contributed by atoms with E-state index in [-0.39, 0.29) is 6.61 Å². The maximum absolute atomic E-state index is 11.3. The lowest BCUT2D eigenvalue weighted by Crippen LogP contribution is -2.12. The normalized spacial score (nSPS) is 10.6. The molecule has 0 aliphatic rings. The fraction of sp³-hybridized carbons (Fsp3) is 0.154. The molecule has 0 aliphatic heterocycles. The van der Waals surface area contributed by atoms with Gasteiger partial charge in [0.05, 0.1) is 24.2 Å². The number of ether oxygens (including phenoxy) is 2. The summed E-state index contributed by atoms with van der Waals surface area (Å²) < 4.78 is 12.1. The zero-order chi connectivity index (χ0) is 21.5. The molecule has 1 aromatic heterocycles. The van der Waals surface area contributed by atoms with Crippen molar-refractivity contribution < 1.29 is 14.3 Å². The average Bonchev–Trinajstić information content (AvgIpc) is 3.27. The van der Waals surface area contributed by atoms with Gasteiger partial charge < -0.3 is 9.47 Å². The van der Waals surface area contributed by atoms with Crippen molar-refractivity contribution in [1.29, 1.82) is 0 Å². The molecule has 4 rings (SSSR count). The van der Waals surface area contributed by atoms with Gasteiger partial charge in [0.25, 0.3) is 0 Å². The maximum Gasteiger partial charge on any atom is 0.343 e. The zero-order valence-corrected chi connectivity index (χ0v) is 17.4. The number of benzene rings is 3. The van der Waals surface area contributed by atoms with E-state index in [1.165, 1.54) is 7.11 Å². The molecule has 156 valence electrons. The van der Waals surface area contributed by atoms with E-state index >= 15 is 0 Å². The molecule has 0 fully saturated rings. The number of methoxy groups -OCH3 is 1. The maximum atomic E-state index is 11.3. The van der Waals surface area contributed by atoms with E-state index in [0.717, 1.165) is 41.0 Å². The second-order valence-electron chi connectivity index (χ2n) is 7.15. The zero-order valence-electron chi connectivity index (χ0n) is 17.4. The topological polar surface area (TPSA) is 53.4 Å². The molecule has 1 heterocycles. The molecule has 5 heteroatoms. The number of carbonyl (C=O) groups excluding carboxylic acids is 1. The van der Waals surface area contributed by atoms with Gasteiger partial charge in [-0.15, -0.1) is 0 Å². The SMILES string of the molecule is COC(=O)COc1cccc(CCc2cc(-c3ccccc3)n(-c3ccccc3)n2)c1. The van der Waals surface area contributed by atoms with Crippen molar-refractivity contribution in [3.63, 3.8) is 0 Å². The molecular formula is C26H24N2O3. The van der Waals surface area contributed by atoms with Crippen LogP contribution in [-0.2, 0) is 22.4 Å². The fourth-order valence-electron chi connectivity index (χ4n) is 3.40. The summed E-state index contributed by atoms with van der Waals surface area (Å²) in [6.45, 7) is -0.0954. The van der Waals surface area contributed by atoms with E-state index in [9.17, 15) is 4.79 Å². The summed E-state index contributed by atoms with van der Waals surface area (Å²) in [4.78, 5) is 11.3. The predicted octanol–water partition coefficient (Wildman–Crippen LogP) is 4.88. The second kappa shape index (κ2) is 9.76. The van der Waals surface area contributed by atoms with Crippen molar-refractivity contribution >= 4 is 5.97 Å². The van der Waals surface area contributed by atoms with Gasteiger partial charge in [0.15, 0.2) is 6.61 Å². The molecule has 0 radical (unpaired) electrons. The highest BCUT2D eigenvalue weighted by atomic mass is 16.6. The number of aromatic nitrogens is 2. The van der Waals surface area contributed by atoms with Crippen LogP contribution in [-0.4, -0.2) is 29.5 Å². The second-order valence-corrected chi connectivity index (χ2v) is 7.15. The first kappa shape index (κ1) is 20.4. The van der Waals surface area contributed by atoms with E-state index < -0.39 is 5.97 Å². The number of hydrogen-bond acceptors (Lipinski definition) is 4. The first-order valence-corrected chi connectivity index (χ1v) is 10.2. The number of nitrogens with zero attached hydrogens (tertiary/aromatic N) is 2. The average molecular weight is 412 g/mol. The molecule has 4 aromatic rings. The van der Waals surface area contributed by atoms with Gasteiger partial charge in [-0.1, -0.05) is 60.7 Å². The summed E-state index contributed by atoms with van der Waals surface area (Å²) >= 11 is 0. The Kier molecular flexibility index (Phi) is 6.43. The van der Waals surface area contributed by atoms with Crippen LogP contribution in [0.1, 0.15) is 11.3 Å². The molecule has 5 nitrogen and oxygen atoms in total.